The molecule has 0 aliphatic carbocycles. The van der Waals surface area contributed by atoms with Crippen LogP contribution in [0.15, 0.2) is 42.5 Å². The number of benzene rings is 2. The number of nitrogens with one attached hydrogen (secondary N) is 1. The molecule has 0 heterocycles. The molecule has 0 saturated carbocycles. The smallest absolute Gasteiger partial charge is 0.272 e. The molecule has 1 atom stereocenters. The van der Waals surface area contributed by atoms with Gasteiger partial charge in [0.1, 0.15) is 5.82 Å². The van der Waals surface area contributed by atoms with Gasteiger partial charge < -0.3 is 5.32 Å². The predicted octanol–water partition coefficient (Wildman–Crippen LogP) is 3.89. The molecule has 5 heteroatoms. The first kappa shape index (κ1) is 15.1. The summed E-state index contributed by atoms with van der Waals surface area (Å²) in [5, 5.41) is 14.2. The summed E-state index contributed by atoms with van der Waals surface area (Å²) < 4.78 is 13.2. The molecule has 0 aliphatic heterocycles. The van der Waals surface area contributed by atoms with Gasteiger partial charge in [-0.2, -0.15) is 0 Å². The van der Waals surface area contributed by atoms with Crippen LogP contribution in [0.25, 0.3) is 0 Å². The second kappa shape index (κ2) is 6.45. The lowest BCUT2D eigenvalue weighted by Crippen LogP contribution is -2.19. The minimum atomic E-state index is -0.380. The molecular weight excluding hydrogens is 271 g/mol. The van der Waals surface area contributed by atoms with Gasteiger partial charge in [-0.3, -0.25) is 10.1 Å². The van der Waals surface area contributed by atoms with Crippen LogP contribution in [0.3, 0.4) is 0 Å². The Hall–Kier alpha value is -2.27. The molecule has 0 amide bonds. The summed E-state index contributed by atoms with van der Waals surface area (Å²) in [4.78, 5) is 10.5. The van der Waals surface area contributed by atoms with Crippen molar-refractivity contribution in [2.45, 2.75) is 26.4 Å². The maximum absolute atomic E-state index is 13.2. The summed E-state index contributed by atoms with van der Waals surface area (Å²) in [6, 6.07) is 11.4. The minimum absolute atomic E-state index is 0.0423. The predicted molar refractivity (Wildman–Crippen MR) is 79.5 cm³/mol. The molecule has 110 valence electrons. The molecule has 2 aromatic carbocycles. The van der Waals surface area contributed by atoms with Crippen molar-refractivity contribution in [3.8, 4) is 0 Å². The van der Waals surface area contributed by atoms with Crippen LogP contribution in [-0.4, -0.2) is 4.92 Å². The van der Waals surface area contributed by atoms with Crippen LogP contribution in [-0.2, 0) is 6.54 Å². The molecule has 0 fully saturated rings. The van der Waals surface area contributed by atoms with Crippen LogP contribution in [0, 0.1) is 22.9 Å². The lowest BCUT2D eigenvalue weighted by atomic mass is 10.0. The Bertz CT molecular complexity index is 658. The number of hydrogen-bond donors (Lipinski definition) is 1. The number of hydrogen-bond acceptors (Lipinski definition) is 3. The maximum Gasteiger partial charge on any atom is 0.272 e. The molecule has 0 radical (unpaired) electrons. The van der Waals surface area contributed by atoms with E-state index in [0.717, 1.165) is 11.1 Å². The second-order valence-corrected chi connectivity index (χ2v) is 4.98. The van der Waals surface area contributed by atoms with Gasteiger partial charge in [-0.1, -0.05) is 24.3 Å². The highest BCUT2D eigenvalue weighted by molar-refractivity contribution is 5.44. The number of nitro groups is 1. The monoisotopic (exact) mass is 288 g/mol. The SMILES string of the molecule is Cc1c(CNC(C)c2cccc(F)c2)cccc1[N+](=O)[O-]. The van der Waals surface area contributed by atoms with Gasteiger partial charge in [-0.25, -0.2) is 4.39 Å². The molecule has 2 aromatic rings. The average Bonchev–Trinajstić information content (AvgIpc) is 2.45. The van der Waals surface area contributed by atoms with E-state index in [9.17, 15) is 14.5 Å². The third-order valence-electron chi connectivity index (χ3n) is 3.56. The van der Waals surface area contributed by atoms with Crippen LogP contribution in [0.2, 0.25) is 0 Å². The number of nitro benzene ring substituents is 1. The van der Waals surface area contributed by atoms with E-state index in [0.29, 0.717) is 12.1 Å². The maximum atomic E-state index is 13.2. The molecule has 0 bridgehead atoms. The molecule has 4 nitrogen and oxygen atoms in total. The van der Waals surface area contributed by atoms with Gasteiger partial charge in [0, 0.05) is 24.2 Å². The Balaban J connectivity index is 2.10. The van der Waals surface area contributed by atoms with E-state index < -0.39 is 0 Å². The molecule has 0 aromatic heterocycles. The highest BCUT2D eigenvalue weighted by Crippen LogP contribution is 2.22. The summed E-state index contributed by atoms with van der Waals surface area (Å²) in [6.45, 7) is 4.16. The Morgan fingerprint density at radius 3 is 2.67 bits per heavy atom. The van der Waals surface area contributed by atoms with E-state index >= 15 is 0 Å². The van der Waals surface area contributed by atoms with E-state index in [1.54, 1.807) is 19.1 Å². The standard InChI is InChI=1S/C16H17FN2O2/c1-11-14(6-4-8-16(11)19(20)21)10-18-12(2)13-5-3-7-15(17)9-13/h3-9,12,18H,10H2,1-2H3. The molecule has 1 N–H and O–H groups in total. The van der Waals surface area contributed by atoms with Gasteiger partial charge in [0.2, 0.25) is 0 Å². The van der Waals surface area contributed by atoms with Crippen LogP contribution < -0.4 is 5.32 Å². The van der Waals surface area contributed by atoms with E-state index in [-0.39, 0.29) is 22.5 Å². The number of nitrogens with zero attached hydrogens (tertiary/aromatic N) is 1. The fourth-order valence-electron chi connectivity index (χ4n) is 2.22. The van der Waals surface area contributed by atoms with Crippen LogP contribution in [0.5, 0.6) is 0 Å². The highest BCUT2D eigenvalue weighted by Gasteiger charge is 2.13. The normalized spacial score (nSPS) is 12.1. The molecule has 21 heavy (non-hydrogen) atoms. The summed E-state index contributed by atoms with van der Waals surface area (Å²) >= 11 is 0. The van der Waals surface area contributed by atoms with Gasteiger partial charge in [-0.05, 0) is 37.1 Å². The number of rotatable bonds is 5. The third kappa shape index (κ3) is 3.64. The van der Waals surface area contributed by atoms with Crippen LogP contribution in [0.4, 0.5) is 10.1 Å². The van der Waals surface area contributed by atoms with Crippen molar-refractivity contribution in [1.82, 2.24) is 5.32 Å². The van der Waals surface area contributed by atoms with Crippen molar-refractivity contribution in [2.75, 3.05) is 0 Å². The first-order valence-corrected chi connectivity index (χ1v) is 6.70. The largest absolute Gasteiger partial charge is 0.306 e. The van der Waals surface area contributed by atoms with Gasteiger partial charge in [0.05, 0.1) is 4.92 Å². The van der Waals surface area contributed by atoms with Gasteiger partial charge >= 0.3 is 0 Å². The van der Waals surface area contributed by atoms with Crippen molar-refractivity contribution in [3.63, 3.8) is 0 Å². The van der Waals surface area contributed by atoms with E-state index in [1.165, 1.54) is 18.2 Å². The summed E-state index contributed by atoms with van der Waals surface area (Å²) in [5.74, 6) is -0.271. The quantitative estimate of drug-likeness (QED) is 0.670. The Morgan fingerprint density at radius 2 is 2.00 bits per heavy atom. The van der Waals surface area contributed by atoms with Gasteiger partial charge in [0.25, 0.3) is 5.69 Å². The fourth-order valence-corrected chi connectivity index (χ4v) is 2.22. The Labute approximate surface area is 122 Å². The Kier molecular flexibility index (Phi) is 4.65. The number of halogens is 1. The second-order valence-electron chi connectivity index (χ2n) is 4.98. The molecule has 0 aliphatic rings. The minimum Gasteiger partial charge on any atom is -0.306 e. The first-order valence-electron chi connectivity index (χ1n) is 6.70. The summed E-state index contributed by atoms with van der Waals surface area (Å²) in [7, 11) is 0. The molecule has 2 rings (SSSR count). The highest BCUT2D eigenvalue weighted by atomic mass is 19.1. The molecular formula is C16H17FN2O2. The molecule has 0 spiro atoms. The van der Waals surface area contributed by atoms with E-state index in [4.69, 9.17) is 0 Å². The van der Waals surface area contributed by atoms with Crippen molar-refractivity contribution < 1.29 is 9.31 Å². The summed E-state index contributed by atoms with van der Waals surface area (Å²) in [5.41, 5.74) is 2.49. The van der Waals surface area contributed by atoms with E-state index in [1.807, 2.05) is 19.1 Å². The first-order chi connectivity index (χ1) is 9.99. The topological polar surface area (TPSA) is 55.2 Å². The van der Waals surface area contributed by atoms with E-state index in [2.05, 4.69) is 5.32 Å². The van der Waals surface area contributed by atoms with Crippen molar-refractivity contribution in [1.29, 1.82) is 0 Å². The van der Waals surface area contributed by atoms with Crippen molar-refractivity contribution >= 4 is 5.69 Å². The third-order valence-corrected chi connectivity index (χ3v) is 3.56. The summed E-state index contributed by atoms with van der Waals surface area (Å²) in [6.07, 6.45) is 0. The zero-order valence-corrected chi connectivity index (χ0v) is 12.0. The average molecular weight is 288 g/mol. The van der Waals surface area contributed by atoms with Gasteiger partial charge in [-0.15, -0.1) is 0 Å². The molecule has 1 unspecified atom stereocenters. The molecule has 0 saturated heterocycles. The lowest BCUT2D eigenvalue weighted by Gasteiger charge is -2.15. The van der Waals surface area contributed by atoms with Gasteiger partial charge in [0.15, 0.2) is 0 Å². The van der Waals surface area contributed by atoms with Crippen LogP contribution >= 0.6 is 0 Å². The van der Waals surface area contributed by atoms with Crippen molar-refractivity contribution in [2.24, 2.45) is 0 Å². The van der Waals surface area contributed by atoms with Crippen molar-refractivity contribution in [3.05, 3.63) is 75.1 Å². The zero-order chi connectivity index (χ0) is 15.4. The fraction of sp³-hybridized carbons (Fsp3) is 0.250. The van der Waals surface area contributed by atoms with Crippen LogP contribution in [0.1, 0.15) is 29.7 Å². The zero-order valence-electron chi connectivity index (χ0n) is 12.0. The lowest BCUT2D eigenvalue weighted by molar-refractivity contribution is -0.385. The Morgan fingerprint density at radius 1 is 1.29 bits per heavy atom.